The lowest BCUT2D eigenvalue weighted by Gasteiger charge is -1.90. The number of aromatic nitrogens is 1. The minimum absolute atomic E-state index is 0.606. The van der Waals surface area contributed by atoms with E-state index in [0.29, 0.717) is 15.2 Å². The third kappa shape index (κ3) is 5.71. The summed E-state index contributed by atoms with van der Waals surface area (Å²) in [5.74, 6) is 0. The van der Waals surface area contributed by atoms with Crippen molar-refractivity contribution < 1.29 is 0 Å². The molecule has 0 bridgehead atoms. The maximum Gasteiger partial charge on any atom is 0.180 e. The SMILES string of the molecule is CCCCc1csc(N)n1.Clc1ccccc1Cl. The van der Waals surface area contributed by atoms with Crippen LogP contribution in [-0.4, -0.2) is 4.98 Å². The number of unbranched alkanes of at least 4 members (excludes halogenated alkanes) is 1. The fourth-order valence-electron chi connectivity index (χ4n) is 1.23. The zero-order valence-electron chi connectivity index (χ0n) is 10.2. The Hall–Kier alpha value is -0.770. The summed E-state index contributed by atoms with van der Waals surface area (Å²) < 4.78 is 0. The normalized spacial score (nSPS) is 9.72. The Morgan fingerprint density at radius 2 is 1.83 bits per heavy atom. The van der Waals surface area contributed by atoms with Crippen LogP contribution in [0.5, 0.6) is 0 Å². The summed E-state index contributed by atoms with van der Waals surface area (Å²) in [6, 6.07) is 7.19. The van der Waals surface area contributed by atoms with E-state index < -0.39 is 0 Å². The van der Waals surface area contributed by atoms with Gasteiger partial charge in [0, 0.05) is 5.38 Å². The van der Waals surface area contributed by atoms with Crippen molar-refractivity contribution in [3.63, 3.8) is 0 Å². The molecular weight excluding hydrogens is 287 g/mol. The van der Waals surface area contributed by atoms with Gasteiger partial charge in [0.05, 0.1) is 15.7 Å². The molecule has 1 aromatic heterocycles. The molecule has 0 atom stereocenters. The van der Waals surface area contributed by atoms with E-state index in [1.54, 1.807) is 12.1 Å². The van der Waals surface area contributed by atoms with Crippen LogP contribution in [0.1, 0.15) is 25.5 Å². The quantitative estimate of drug-likeness (QED) is 0.860. The molecule has 0 aliphatic carbocycles. The highest BCUT2D eigenvalue weighted by molar-refractivity contribution is 7.13. The molecule has 0 amide bonds. The van der Waals surface area contributed by atoms with Crippen molar-refractivity contribution >= 4 is 39.7 Å². The Labute approximate surface area is 122 Å². The monoisotopic (exact) mass is 302 g/mol. The number of nitrogen functional groups attached to an aromatic ring is 1. The second kappa shape index (κ2) is 8.35. The van der Waals surface area contributed by atoms with Crippen LogP contribution in [0.25, 0.3) is 0 Å². The molecule has 0 unspecified atom stereocenters. The number of hydrogen-bond donors (Lipinski definition) is 1. The third-order valence-corrected chi connectivity index (χ3v) is 3.66. The first kappa shape index (κ1) is 15.3. The Morgan fingerprint density at radius 1 is 1.22 bits per heavy atom. The number of aryl methyl sites for hydroxylation is 1. The molecule has 2 rings (SSSR count). The highest BCUT2D eigenvalue weighted by Crippen LogP contribution is 2.19. The van der Waals surface area contributed by atoms with Gasteiger partial charge in [0.25, 0.3) is 0 Å². The molecule has 0 saturated carbocycles. The zero-order valence-corrected chi connectivity index (χ0v) is 12.5. The molecule has 5 heteroatoms. The first-order chi connectivity index (χ1) is 8.63. The Bertz CT molecular complexity index is 451. The lowest BCUT2D eigenvalue weighted by atomic mass is 10.2. The molecule has 0 fully saturated rings. The number of hydrogen-bond acceptors (Lipinski definition) is 3. The predicted octanol–water partition coefficient (Wildman–Crippen LogP) is 5.06. The van der Waals surface area contributed by atoms with Gasteiger partial charge in [-0.1, -0.05) is 48.7 Å². The fourth-order valence-corrected chi connectivity index (χ4v) is 2.10. The molecule has 0 aliphatic rings. The van der Waals surface area contributed by atoms with Gasteiger partial charge in [-0.3, -0.25) is 0 Å². The van der Waals surface area contributed by atoms with Gasteiger partial charge in [-0.05, 0) is 25.0 Å². The first-order valence-electron chi connectivity index (χ1n) is 5.73. The van der Waals surface area contributed by atoms with Crippen LogP contribution < -0.4 is 5.73 Å². The second-order valence-corrected chi connectivity index (χ2v) is 5.40. The minimum Gasteiger partial charge on any atom is -0.375 e. The molecule has 2 nitrogen and oxygen atoms in total. The van der Waals surface area contributed by atoms with Gasteiger partial charge in [0.2, 0.25) is 0 Å². The van der Waals surface area contributed by atoms with E-state index in [-0.39, 0.29) is 0 Å². The standard InChI is InChI=1S/C7H12N2S.C6H4Cl2/c1-2-3-4-6-5-10-7(8)9-6;7-5-3-1-2-4-6(5)8/h5H,2-4H2,1H3,(H2,8,9);1-4H. The van der Waals surface area contributed by atoms with Crippen LogP contribution in [0, 0.1) is 0 Å². The van der Waals surface area contributed by atoms with Crippen LogP contribution in [0.2, 0.25) is 10.0 Å². The molecular formula is C13H16Cl2N2S. The summed E-state index contributed by atoms with van der Waals surface area (Å²) in [5.41, 5.74) is 6.60. The number of nitrogens with zero attached hydrogens (tertiary/aromatic N) is 1. The van der Waals surface area contributed by atoms with Gasteiger partial charge in [-0.15, -0.1) is 11.3 Å². The topological polar surface area (TPSA) is 38.9 Å². The molecule has 1 aromatic carbocycles. The molecule has 0 spiro atoms. The molecule has 1 heterocycles. The van der Waals surface area contributed by atoms with E-state index in [1.165, 1.54) is 24.2 Å². The van der Waals surface area contributed by atoms with Crippen LogP contribution in [0.4, 0.5) is 5.13 Å². The van der Waals surface area contributed by atoms with Gasteiger partial charge in [0.1, 0.15) is 0 Å². The van der Waals surface area contributed by atoms with Crippen LogP contribution in [-0.2, 0) is 6.42 Å². The Morgan fingerprint density at radius 3 is 2.22 bits per heavy atom. The maximum absolute atomic E-state index is 5.58. The first-order valence-corrected chi connectivity index (χ1v) is 7.37. The van der Waals surface area contributed by atoms with Crippen molar-refractivity contribution in [2.45, 2.75) is 26.2 Å². The largest absolute Gasteiger partial charge is 0.375 e. The summed E-state index contributed by atoms with van der Waals surface area (Å²) in [5, 5.41) is 3.93. The number of rotatable bonds is 3. The number of anilines is 1. The molecule has 0 radical (unpaired) electrons. The van der Waals surface area contributed by atoms with Crippen molar-refractivity contribution in [2.24, 2.45) is 0 Å². The summed E-state index contributed by atoms with van der Waals surface area (Å²) in [7, 11) is 0. The van der Waals surface area contributed by atoms with Crippen molar-refractivity contribution in [3.8, 4) is 0 Å². The van der Waals surface area contributed by atoms with Crippen molar-refractivity contribution in [1.82, 2.24) is 4.98 Å². The van der Waals surface area contributed by atoms with Crippen molar-refractivity contribution in [1.29, 1.82) is 0 Å². The van der Waals surface area contributed by atoms with Gasteiger partial charge < -0.3 is 5.73 Å². The average molecular weight is 303 g/mol. The molecule has 2 N–H and O–H groups in total. The van der Waals surface area contributed by atoms with Crippen LogP contribution >= 0.6 is 34.5 Å². The molecule has 0 aliphatic heterocycles. The van der Waals surface area contributed by atoms with Gasteiger partial charge >= 0.3 is 0 Å². The number of benzene rings is 1. The average Bonchev–Trinajstić information content (AvgIpc) is 2.77. The van der Waals surface area contributed by atoms with Crippen LogP contribution in [0.3, 0.4) is 0 Å². The zero-order chi connectivity index (χ0) is 13.4. The molecule has 18 heavy (non-hydrogen) atoms. The molecule has 2 aromatic rings. The van der Waals surface area contributed by atoms with E-state index in [0.717, 1.165) is 12.1 Å². The smallest absolute Gasteiger partial charge is 0.180 e. The summed E-state index contributed by atoms with van der Waals surface area (Å²) in [4.78, 5) is 4.14. The van der Waals surface area contributed by atoms with E-state index in [1.807, 2.05) is 17.5 Å². The molecule has 0 saturated heterocycles. The predicted molar refractivity (Wildman–Crippen MR) is 81.6 cm³/mol. The minimum atomic E-state index is 0.606. The van der Waals surface area contributed by atoms with E-state index >= 15 is 0 Å². The molecule has 98 valence electrons. The number of nitrogens with two attached hydrogens (primary N) is 1. The van der Waals surface area contributed by atoms with E-state index in [9.17, 15) is 0 Å². The fraction of sp³-hybridized carbons (Fsp3) is 0.308. The van der Waals surface area contributed by atoms with E-state index in [4.69, 9.17) is 28.9 Å². The Balaban J connectivity index is 0.000000184. The summed E-state index contributed by atoms with van der Waals surface area (Å²) in [6.07, 6.45) is 3.50. The van der Waals surface area contributed by atoms with Crippen molar-refractivity contribution in [2.75, 3.05) is 5.73 Å². The third-order valence-electron chi connectivity index (χ3n) is 2.18. The van der Waals surface area contributed by atoms with E-state index in [2.05, 4.69) is 11.9 Å². The Kier molecular flexibility index (Phi) is 7.09. The lowest BCUT2D eigenvalue weighted by molar-refractivity contribution is 0.782. The summed E-state index contributed by atoms with van der Waals surface area (Å²) >= 11 is 12.7. The van der Waals surface area contributed by atoms with Crippen molar-refractivity contribution in [3.05, 3.63) is 45.4 Å². The number of halogens is 2. The highest BCUT2D eigenvalue weighted by atomic mass is 35.5. The maximum atomic E-state index is 5.58. The second-order valence-electron chi connectivity index (χ2n) is 3.69. The van der Waals surface area contributed by atoms with Gasteiger partial charge in [-0.25, -0.2) is 4.98 Å². The van der Waals surface area contributed by atoms with Crippen LogP contribution in [0.15, 0.2) is 29.6 Å². The van der Waals surface area contributed by atoms with Gasteiger partial charge in [-0.2, -0.15) is 0 Å². The summed E-state index contributed by atoms with van der Waals surface area (Å²) in [6.45, 7) is 2.18. The lowest BCUT2D eigenvalue weighted by Crippen LogP contribution is -1.86. The number of thiazole rings is 1. The van der Waals surface area contributed by atoms with Gasteiger partial charge in [0.15, 0.2) is 5.13 Å². The highest BCUT2D eigenvalue weighted by Gasteiger charge is 1.96.